The van der Waals surface area contributed by atoms with Crippen molar-refractivity contribution in [2.24, 2.45) is 0 Å². The molecule has 0 bridgehead atoms. The first-order valence-corrected chi connectivity index (χ1v) is 7.82. The molecule has 1 aliphatic rings. The molecule has 0 radical (unpaired) electrons. The van der Waals surface area contributed by atoms with Crippen molar-refractivity contribution in [1.82, 2.24) is 9.55 Å². The van der Waals surface area contributed by atoms with Gasteiger partial charge in [-0.15, -0.1) is 0 Å². The summed E-state index contributed by atoms with van der Waals surface area (Å²) in [7, 11) is 1.74. The normalized spacial score (nSPS) is 17.0. The van der Waals surface area contributed by atoms with E-state index in [-0.39, 0.29) is 0 Å². The van der Waals surface area contributed by atoms with Crippen LogP contribution in [0.1, 0.15) is 31.0 Å². The summed E-state index contributed by atoms with van der Waals surface area (Å²) in [4.78, 5) is 4.59. The number of rotatable bonds is 6. The molecule has 4 nitrogen and oxygen atoms in total. The predicted octanol–water partition coefficient (Wildman–Crippen LogP) is 2.71. The molecular formula is C13H23N3OS. The van der Waals surface area contributed by atoms with Crippen LogP contribution in [0.2, 0.25) is 0 Å². The number of hydrogen-bond donors (Lipinski definition) is 1. The number of imidazole rings is 1. The van der Waals surface area contributed by atoms with Crippen LogP contribution in [-0.2, 0) is 4.74 Å². The number of methoxy groups -OCH3 is 1. The zero-order chi connectivity index (χ0) is 12.8. The molecule has 0 saturated carbocycles. The van der Waals surface area contributed by atoms with E-state index in [0.717, 1.165) is 31.2 Å². The number of hydrogen-bond acceptors (Lipinski definition) is 4. The summed E-state index contributed by atoms with van der Waals surface area (Å²) >= 11 is 2.06. The van der Waals surface area contributed by atoms with E-state index in [9.17, 15) is 0 Å². The molecule has 18 heavy (non-hydrogen) atoms. The highest BCUT2D eigenvalue weighted by molar-refractivity contribution is 7.99. The molecule has 1 aromatic rings. The minimum absolute atomic E-state index is 0.623. The average molecular weight is 269 g/mol. The van der Waals surface area contributed by atoms with Crippen LogP contribution < -0.4 is 5.32 Å². The van der Waals surface area contributed by atoms with Gasteiger partial charge in [-0.05, 0) is 37.7 Å². The number of aromatic nitrogens is 2. The maximum atomic E-state index is 5.06. The van der Waals surface area contributed by atoms with Crippen LogP contribution in [0.25, 0.3) is 0 Å². The van der Waals surface area contributed by atoms with E-state index in [4.69, 9.17) is 4.74 Å². The monoisotopic (exact) mass is 269 g/mol. The number of ether oxygens (including phenoxy) is 1. The van der Waals surface area contributed by atoms with Gasteiger partial charge in [-0.3, -0.25) is 0 Å². The number of nitrogens with zero attached hydrogens (tertiary/aromatic N) is 2. The van der Waals surface area contributed by atoms with Crippen LogP contribution in [0.15, 0.2) is 6.20 Å². The first-order valence-electron chi connectivity index (χ1n) is 6.67. The largest absolute Gasteiger partial charge is 0.385 e. The number of nitrogens with one attached hydrogen (secondary N) is 1. The molecule has 0 aliphatic carbocycles. The van der Waals surface area contributed by atoms with Crippen molar-refractivity contribution in [3.8, 4) is 0 Å². The Balaban J connectivity index is 1.95. The Morgan fingerprint density at radius 2 is 2.28 bits per heavy atom. The molecule has 0 amide bonds. The van der Waals surface area contributed by atoms with Gasteiger partial charge in [0.05, 0.1) is 5.69 Å². The summed E-state index contributed by atoms with van der Waals surface area (Å²) in [6.07, 6.45) is 5.71. The third-order valence-corrected chi connectivity index (χ3v) is 4.29. The molecule has 2 rings (SSSR count). The highest BCUT2D eigenvalue weighted by Gasteiger charge is 2.18. The van der Waals surface area contributed by atoms with Gasteiger partial charge in [0.1, 0.15) is 0 Å². The molecule has 0 atom stereocenters. The SMILES string of the molecule is COCCCNc1nc(C)cn1C1CCSCC1. The Morgan fingerprint density at radius 1 is 1.50 bits per heavy atom. The number of anilines is 1. The molecule has 1 aliphatic heterocycles. The van der Waals surface area contributed by atoms with Gasteiger partial charge in [0.25, 0.3) is 0 Å². The molecule has 1 saturated heterocycles. The van der Waals surface area contributed by atoms with Crippen LogP contribution in [0.3, 0.4) is 0 Å². The molecule has 0 spiro atoms. The summed E-state index contributed by atoms with van der Waals surface area (Å²) in [6, 6.07) is 0.623. The first kappa shape index (κ1) is 13.7. The fraction of sp³-hybridized carbons (Fsp3) is 0.769. The quantitative estimate of drug-likeness (QED) is 0.806. The van der Waals surface area contributed by atoms with Crippen LogP contribution in [0.5, 0.6) is 0 Å². The second-order valence-corrected chi connectivity index (χ2v) is 5.95. The second-order valence-electron chi connectivity index (χ2n) is 4.73. The molecule has 1 N–H and O–H groups in total. The number of thioether (sulfide) groups is 1. The van der Waals surface area contributed by atoms with Gasteiger partial charge < -0.3 is 14.6 Å². The topological polar surface area (TPSA) is 39.1 Å². The lowest BCUT2D eigenvalue weighted by Gasteiger charge is -2.24. The molecule has 5 heteroatoms. The smallest absolute Gasteiger partial charge is 0.203 e. The van der Waals surface area contributed by atoms with Crippen molar-refractivity contribution in [3.05, 3.63) is 11.9 Å². The van der Waals surface area contributed by atoms with Crippen molar-refractivity contribution in [2.45, 2.75) is 32.2 Å². The first-order chi connectivity index (χ1) is 8.81. The molecule has 102 valence electrons. The zero-order valence-corrected chi connectivity index (χ0v) is 12.1. The highest BCUT2D eigenvalue weighted by Crippen LogP contribution is 2.29. The van der Waals surface area contributed by atoms with E-state index < -0.39 is 0 Å². The van der Waals surface area contributed by atoms with E-state index in [1.807, 2.05) is 0 Å². The lowest BCUT2D eigenvalue weighted by Crippen LogP contribution is -2.18. The molecule has 2 heterocycles. The van der Waals surface area contributed by atoms with Gasteiger partial charge in [0, 0.05) is 32.5 Å². The van der Waals surface area contributed by atoms with Crippen molar-refractivity contribution in [2.75, 3.05) is 37.1 Å². The van der Waals surface area contributed by atoms with E-state index in [0.29, 0.717) is 6.04 Å². The van der Waals surface area contributed by atoms with Crippen molar-refractivity contribution < 1.29 is 4.74 Å². The minimum atomic E-state index is 0.623. The van der Waals surface area contributed by atoms with Crippen molar-refractivity contribution in [3.63, 3.8) is 0 Å². The summed E-state index contributed by atoms with van der Waals surface area (Å²) in [5, 5.41) is 3.43. The lowest BCUT2D eigenvalue weighted by molar-refractivity contribution is 0.197. The van der Waals surface area contributed by atoms with E-state index in [1.165, 1.54) is 24.3 Å². The Kier molecular flexibility index (Phi) is 5.38. The lowest BCUT2D eigenvalue weighted by atomic mass is 10.1. The van der Waals surface area contributed by atoms with E-state index in [1.54, 1.807) is 7.11 Å². The minimum Gasteiger partial charge on any atom is -0.385 e. The molecule has 0 aromatic carbocycles. The maximum Gasteiger partial charge on any atom is 0.203 e. The maximum absolute atomic E-state index is 5.06. The standard InChI is InChI=1S/C13H23N3OS/c1-11-10-16(12-4-8-18-9-5-12)13(15-11)14-6-3-7-17-2/h10,12H,3-9H2,1-2H3,(H,14,15). The fourth-order valence-electron chi connectivity index (χ4n) is 2.31. The zero-order valence-electron chi connectivity index (χ0n) is 11.3. The summed E-state index contributed by atoms with van der Waals surface area (Å²) in [5.74, 6) is 3.57. The predicted molar refractivity (Wildman–Crippen MR) is 77.5 cm³/mol. The molecule has 1 fully saturated rings. The summed E-state index contributed by atoms with van der Waals surface area (Å²) < 4.78 is 7.40. The van der Waals surface area contributed by atoms with Gasteiger partial charge in [0.15, 0.2) is 0 Å². The molecule has 1 aromatic heterocycles. The van der Waals surface area contributed by atoms with Crippen LogP contribution >= 0.6 is 11.8 Å². The van der Waals surface area contributed by atoms with Gasteiger partial charge in [0.2, 0.25) is 5.95 Å². The summed E-state index contributed by atoms with van der Waals surface area (Å²) in [6.45, 7) is 3.78. The second kappa shape index (κ2) is 7.04. The molecule has 0 unspecified atom stereocenters. The number of aryl methyl sites for hydroxylation is 1. The van der Waals surface area contributed by atoms with Crippen LogP contribution in [0, 0.1) is 6.92 Å². The van der Waals surface area contributed by atoms with Gasteiger partial charge in [-0.1, -0.05) is 0 Å². The van der Waals surface area contributed by atoms with Crippen LogP contribution in [-0.4, -0.2) is 41.3 Å². The van der Waals surface area contributed by atoms with Gasteiger partial charge in [-0.2, -0.15) is 11.8 Å². The van der Waals surface area contributed by atoms with E-state index in [2.05, 4.69) is 39.8 Å². The highest BCUT2D eigenvalue weighted by atomic mass is 32.2. The Bertz CT molecular complexity index is 361. The van der Waals surface area contributed by atoms with Crippen molar-refractivity contribution >= 4 is 17.7 Å². The van der Waals surface area contributed by atoms with Crippen LogP contribution in [0.4, 0.5) is 5.95 Å². The van der Waals surface area contributed by atoms with E-state index >= 15 is 0 Å². The van der Waals surface area contributed by atoms with Crippen molar-refractivity contribution in [1.29, 1.82) is 0 Å². The Hall–Kier alpha value is -0.680. The van der Waals surface area contributed by atoms with Gasteiger partial charge >= 0.3 is 0 Å². The third kappa shape index (κ3) is 3.65. The fourth-order valence-corrected chi connectivity index (χ4v) is 3.39. The average Bonchev–Trinajstić information content (AvgIpc) is 2.77. The Labute approximate surface area is 114 Å². The Morgan fingerprint density at radius 3 is 3.00 bits per heavy atom. The summed E-state index contributed by atoms with van der Waals surface area (Å²) in [5.41, 5.74) is 1.10. The third-order valence-electron chi connectivity index (χ3n) is 3.25. The molecular weight excluding hydrogens is 246 g/mol. The van der Waals surface area contributed by atoms with Gasteiger partial charge in [-0.25, -0.2) is 4.98 Å².